The van der Waals surface area contributed by atoms with Crippen LogP contribution >= 0.6 is 0 Å². The van der Waals surface area contributed by atoms with Crippen molar-refractivity contribution in [2.24, 2.45) is 11.8 Å². The summed E-state index contributed by atoms with van der Waals surface area (Å²) < 4.78 is 0. The topological polar surface area (TPSA) is 32.3 Å². The molecule has 1 fully saturated rings. The second-order valence-corrected chi connectivity index (χ2v) is 6.96. The Bertz CT molecular complexity index is 426. The highest BCUT2D eigenvalue weighted by atomic mass is 16.3. The number of aliphatic hydroxyl groups is 1. The fourth-order valence-corrected chi connectivity index (χ4v) is 3.60. The molecule has 0 aliphatic heterocycles. The summed E-state index contributed by atoms with van der Waals surface area (Å²) in [5.41, 5.74) is 2.35. The Hall–Kier alpha value is -0.860. The van der Waals surface area contributed by atoms with Crippen molar-refractivity contribution in [3.05, 3.63) is 35.4 Å². The van der Waals surface area contributed by atoms with E-state index in [1.54, 1.807) is 0 Å². The van der Waals surface area contributed by atoms with Crippen molar-refractivity contribution in [2.75, 3.05) is 6.54 Å². The molecule has 0 bridgehead atoms. The van der Waals surface area contributed by atoms with E-state index in [1.165, 1.54) is 24.8 Å². The van der Waals surface area contributed by atoms with Gasteiger partial charge in [-0.05, 0) is 41.7 Å². The lowest BCUT2D eigenvalue weighted by atomic mass is 9.93. The van der Waals surface area contributed by atoms with E-state index in [1.807, 2.05) is 0 Å². The van der Waals surface area contributed by atoms with Gasteiger partial charge in [0.25, 0.3) is 0 Å². The van der Waals surface area contributed by atoms with Gasteiger partial charge in [0.2, 0.25) is 0 Å². The van der Waals surface area contributed by atoms with Gasteiger partial charge in [0.15, 0.2) is 0 Å². The average Bonchev–Trinajstić information content (AvgIpc) is 2.85. The second kappa shape index (κ2) is 7.42. The lowest BCUT2D eigenvalue weighted by Gasteiger charge is -2.23. The summed E-state index contributed by atoms with van der Waals surface area (Å²) in [6.07, 6.45) is 3.45. The Morgan fingerprint density at radius 1 is 1.14 bits per heavy atom. The van der Waals surface area contributed by atoms with Crippen molar-refractivity contribution in [1.29, 1.82) is 0 Å². The van der Waals surface area contributed by atoms with E-state index < -0.39 is 6.10 Å². The molecule has 1 aromatic carbocycles. The maximum atomic E-state index is 10.4. The molecule has 1 aliphatic rings. The predicted molar refractivity (Wildman–Crippen MR) is 89.5 cm³/mol. The second-order valence-electron chi connectivity index (χ2n) is 6.96. The average molecular weight is 289 g/mol. The molecular formula is C19H31NO. The standard InChI is InChI=1S/C19H31NO/c1-5-15-10-11-18(14(15)4)20-12-19(21)17-8-6-16(7-9-17)13(2)3/h6-9,13-15,18-21H,5,10-12H2,1-4H3. The van der Waals surface area contributed by atoms with Crippen LogP contribution in [0, 0.1) is 11.8 Å². The van der Waals surface area contributed by atoms with Crippen LogP contribution in [0.3, 0.4) is 0 Å². The molecule has 21 heavy (non-hydrogen) atoms. The molecule has 0 aromatic heterocycles. The van der Waals surface area contributed by atoms with Crippen LogP contribution in [0.4, 0.5) is 0 Å². The maximum absolute atomic E-state index is 10.4. The molecule has 4 atom stereocenters. The Labute approximate surface area is 130 Å². The number of aliphatic hydroxyl groups excluding tert-OH is 1. The summed E-state index contributed by atoms with van der Waals surface area (Å²) in [5.74, 6) is 2.12. The third kappa shape index (κ3) is 4.08. The Morgan fingerprint density at radius 2 is 1.76 bits per heavy atom. The van der Waals surface area contributed by atoms with E-state index in [0.29, 0.717) is 18.5 Å². The van der Waals surface area contributed by atoms with Crippen LogP contribution in [0.5, 0.6) is 0 Å². The summed E-state index contributed by atoms with van der Waals surface area (Å²) >= 11 is 0. The van der Waals surface area contributed by atoms with Gasteiger partial charge >= 0.3 is 0 Å². The largest absolute Gasteiger partial charge is 0.387 e. The van der Waals surface area contributed by atoms with E-state index in [0.717, 1.165) is 17.4 Å². The van der Waals surface area contributed by atoms with Gasteiger partial charge in [-0.3, -0.25) is 0 Å². The van der Waals surface area contributed by atoms with Crippen molar-refractivity contribution in [2.45, 2.75) is 65.0 Å². The zero-order chi connectivity index (χ0) is 15.4. The molecule has 4 unspecified atom stereocenters. The highest BCUT2D eigenvalue weighted by Crippen LogP contribution is 2.34. The predicted octanol–water partition coefficient (Wildman–Crippen LogP) is 4.26. The van der Waals surface area contributed by atoms with Crippen molar-refractivity contribution >= 4 is 0 Å². The molecule has 118 valence electrons. The molecule has 0 heterocycles. The summed E-state index contributed by atoms with van der Waals surface area (Å²) in [6.45, 7) is 9.68. The van der Waals surface area contributed by atoms with Crippen LogP contribution in [-0.4, -0.2) is 17.7 Å². The van der Waals surface area contributed by atoms with E-state index in [4.69, 9.17) is 0 Å². The third-order valence-corrected chi connectivity index (χ3v) is 5.31. The van der Waals surface area contributed by atoms with Gasteiger partial charge in [0.1, 0.15) is 0 Å². The smallest absolute Gasteiger partial charge is 0.0914 e. The number of rotatable bonds is 6. The normalized spacial score (nSPS) is 27.2. The molecule has 2 N–H and O–H groups in total. The van der Waals surface area contributed by atoms with Gasteiger partial charge in [-0.1, -0.05) is 58.4 Å². The summed E-state index contributed by atoms with van der Waals surface area (Å²) in [5, 5.41) is 13.9. The van der Waals surface area contributed by atoms with Gasteiger partial charge in [-0.25, -0.2) is 0 Å². The molecule has 2 rings (SSSR count). The lowest BCUT2D eigenvalue weighted by Crippen LogP contribution is -2.35. The molecule has 1 aromatic rings. The van der Waals surface area contributed by atoms with Crippen LogP contribution in [0.2, 0.25) is 0 Å². The Kier molecular flexibility index (Phi) is 5.83. The zero-order valence-electron chi connectivity index (χ0n) is 14.0. The SMILES string of the molecule is CCC1CCC(NCC(O)c2ccc(C(C)C)cc2)C1C. The van der Waals surface area contributed by atoms with Crippen LogP contribution < -0.4 is 5.32 Å². The molecule has 2 nitrogen and oxygen atoms in total. The molecule has 0 saturated heterocycles. The molecular weight excluding hydrogens is 258 g/mol. The minimum absolute atomic E-state index is 0.404. The first-order chi connectivity index (χ1) is 10.0. The molecule has 0 spiro atoms. The van der Waals surface area contributed by atoms with Crippen molar-refractivity contribution in [1.82, 2.24) is 5.32 Å². The first-order valence-corrected chi connectivity index (χ1v) is 8.54. The van der Waals surface area contributed by atoms with Crippen LogP contribution in [0.15, 0.2) is 24.3 Å². The minimum atomic E-state index is -0.404. The van der Waals surface area contributed by atoms with E-state index in [2.05, 4.69) is 57.3 Å². The van der Waals surface area contributed by atoms with Crippen molar-refractivity contribution in [3.63, 3.8) is 0 Å². The van der Waals surface area contributed by atoms with Crippen molar-refractivity contribution in [3.8, 4) is 0 Å². The summed E-state index contributed by atoms with van der Waals surface area (Å²) in [4.78, 5) is 0. The monoisotopic (exact) mass is 289 g/mol. The highest BCUT2D eigenvalue weighted by Gasteiger charge is 2.31. The fraction of sp³-hybridized carbons (Fsp3) is 0.684. The molecule has 0 radical (unpaired) electrons. The first kappa shape index (κ1) is 16.5. The zero-order valence-corrected chi connectivity index (χ0v) is 14.0. The maximum Gasteiger partial charge on any atom is 0.0914 e. The molecule has 1 aliphatic carbocycles. The minimum Gasteiger partial charge on any atom is -0.387 e. The van der Waals surface area contributed by atoms with Crippen LogP contribution in [0.25, 0.3) is 0 Å². The lowest BCUT2D eigenvalue weighted by molar-refractivity contribution is 0.165. The third-order valence-electron chi connectivity index (χ3n) is 5.31. The highest BCUT2D eigenvalue weighted by molar-refractivity contribution is 5.26. The van der Waals surface area contributed by atoms with Crippen LogP contribution in [0.1, 0.15) is 70.1 Å². The molecule has 0 amide bonds. The number of hydrogen-bond acceptors (Lipinski definition) is 2. The van der Waals surface area contributed by atoms with Gasteiger partial charge in [-0.2, -0.15) is 0 Å². The van der Waals surface area contributed by atoms with Gasteiger partial charge < -0.3 is 10.4 Å². The number of benzene rings is 1. The van der Waals surface area contributed by atoms with Crippen molar-refractivity contribution < 1.29 is 5.11 Å². The molecule has 2 heteroatoms. The quantitative estimate of drug-likeness (QED) is 0.820. The van der Waals surface area contributed by atoms with Gasteiger partial charge in [0.05, 0.1) is 6.10 Å². The summed E-state index contributed by atoms with van der Waals surface area (Å²) in [7, 11) is 0. The van der Waals surface area contributed by atoms with E-state index in [-0.39, 0.29) is 0 Å². The number of hydrogen-bond donors (Lipinski definition) is 2. The first-order valence-electron chi connectivity index (χ1n) is 8.54. The molecule has 1 saturated carbocycles. The van der Waals surface area contributed by atoms with Gasteiger partial charge in [-0.15, -0.1) is 0 Å². The van der Waals surface area contributed by atoms with Gasteiger partial charge in [0, 0.05) is 12.6 Å². The van der Waals surface area contributed by atoms with Crippen LogP contribution in [-0.2, 0) is 0 Å². The Balaban J connectivity index is 1.86. The Morgan fingerprint density at radius 3 is 2.29 bits per heavy atom. The van der Waals surface area contributed by atoms with E-state index >= 15 is 0 Å². The number of nitrogens with one attached hydrogen (secondary N) is 1. The van der Waals surface area contributed by atoms with E-state index in [9.17, 15) is 5.11 Å². The fourth-order valence-electron chi connectivity index (χ4n) is 3.60. The summed E-state index contributed by atoms with van der Waals surface area (Å²) in [6, 6.07) is 8.96.